The van der Waals surface area contributed by atoms with Crippen LogP contribution in [0.3, 0.4) is 0 Å². The van der Waals surface area contributed by atoms with Gasteiger partial charge in [-0.25, -0.2) is 4.39 Å². The molecule has 0 spiro atoms. The van der Waals surface area contributed by atoms with Crippen LogP contribution in [0.4, 0.5) is 4.39 Å². The third-order valence-corrected chi connectivity index (χ3v) is 2.52. The van der Waals surface area contributed by atoms with Crippen LogP contribution >= 0.6 is 0 Å². The number of methoxy groups -OCH3 is 1. The van der Waals surface area contributed by atoms with Crippen LogP contribution in [-0.2, 0) is 9.47 Å². The Hall–Kier alpha value is -1.61. The minimum atomic E-state index is -0.429. The summed E-state index contributed by atoms with van der Waals surface area (Å²) in [5, 5.41) is 8.65. The van der Waals surface area contributed by atoms with Crippen molar-refractivity contribution < 1.29 is 23.7 Å². The number of hydrogen-bond donors (Lipinski definition) is 1. The second-order valence-corrected chi connectivity index (χ2v) is 4.23. The molecule has 1 aromatic rings. The first-order valence-corrected chi connectivity index (χ1v) is 6.86. The van der Waals surface area contributed by atoms with Crippen molar-refractivity contribution in [3.63, 3.8) is 0 Å². The van der Waals surface area contributed by atoms with Gasteiger partial charge in [-0.05, 0) is 24.6 Å². The largest absolute Gasteiger partial charge is 0.488 e. The Morgan fingerprint density at radius 3 is 2.81 bits per heavy atom. The lowest BCUT2D eigenvalue weighted by atomic mass is 10.2. The molecule has 4 nitrogen and oxygen atoms in total. The Bertz CT molecular complexity index is 465. The van der Waals surface area contributed by atoms with E-state index in [1.807, 2.05) is 0 Å². The summed E-state index contributed by atoms with van der Waals surface area (Å²) in [5.41, 5.74) is 0.654. The van der Waals surface area contributed by atoms with Crippen LogP contribution in [-0.4, -0.2) is 45.3 Å². The van der Waals surface area contributed by atoms with Crippen molar-refractivity contribution in [2.75, 3.05) is 40.1 Å². The van der Waals surface area contributed by atoms with E-state index in [9.17, 15) is 4.39 Å². The summed E-state index contributed by atoms with van der Waals surface area (Å²) < 4.78 is 29.1. The van der Waals surface area contributed by atoms with Crippen LogP contribution < -0.4 is 4.74 Å². The molecule has 0 heterocycles. The number of benzene rings is 1. The molecule has 1 aromatic carbocycles. The van der Waals surface area contributed by atoms with Crippen molar-refractivity contribution in [1.82, 2.24) is 0 Å². The SMILES string of the molecule is COCCCOCCOc1cc(C#CCCO)ccc1F. The molecule has 1 rings (SSSR count). The highest BCUT2D eigenvalue weighted by Gasteiger charge is 2.04. The maximum atomic E-state index is 13.6. The molecule has 0 saturated carbocycles. The Morgan fingerprint density at radius 1 is 1.19 bits per heavy atom. The first-order valence-electron chi connectivity index (χ1n) is 6.86. The van der Waals surface area contributed by atoms with Gasteiger partial charge < -0.3 is 19.3 Å². The zero-order valence-corrected chi connectivity index (χ0v) is 12.2. The quantitative estimate of drug-likeness (QED) is 0.559. The monoisotopic (exact) mass is 296 g/mol. The van der Waals surface area contributed by atoms with Crippen LogP contribution in [0.25, 0.3) is 0 Å². The molecular formula is C16H21FO4. The fourth-order valence-electron chi connectivity index (χ4n) is 1.53. The van der Waals surface area contributed by atoms with Gasteiger partial charge in [-0.1, -0.05) is 11.8 Å². The van der Waals surface area contributed by atoms with Crippen LogP contribution in [0, 0.1) is 17.7 Å². The smallest absolute Gasteiger partial charge is 0.165 e. The van der Waals surface area contributed by atoms with E-state index in [1.54, 1.807) is 19.2 Å². The normalized spacial score (nSPS) is 10.0. The lowest BCUT2D eigenvalue weighted by Gasteiger charge is -2.08. The molecule has 116 valence electrons. The maximum absolute atomic E-state index is 13.6. The van der Waals surface area contributed by atoms with Crippen molar-refractivity contribution >= 4 is 0 Å². The summed E-state index contributed by atoms with van der Waals surface area (Å²) in [4.78, 5) is 0. The van der Waals surface area contributed by atoms with Crippen LogP contribution in [0.15, 0.2) is 18.2 Å². The van der Waals surface area contributed by atoms with E-state index in [0.717, 1.165) is 6.42 Å². The standard InChI is InChI=1S/C16H21FO4/c1-19-9-4-10-20-11-12-21-16-13-14(5-2-3-8-18)6-7-15(16)17/h6-7,13,18H,3-4,8-12H2,1H3. The predicted molar refractivity (Wildman–Crippen MR) is 77.8 cm³/mol. The average molecular weight is 296 g/mol. The highest BCUT2D eigenvalue weighted by Crippen LogP contribution is 2.18. The Labute approximate surface area is 124 Å². The van der Waals surface area contributed by atoms with E-state index < -0.39 is 5.82 Å². The summed E-state index contributed by atoms with van der Waals surface area (Å²) in [6.07, 6.45) is 1.21. The predicted octanol–water partition coefficient (Wildman–Crippen LogP) is 1.99. The molecule has 0 aromatic heterocycles. The highest BCUT2D eigenvalue weighted by atomic mass is 19.1. The summed E-state index contributed by atoms with van der Waals surface area (Å²) in [6, 6.07) is 4.44. The number of aliphatic hydroxyl groups excluding tert-OH is 1. The molecule has 1 N–H and O–H groups in total. The van der Waals surface area contributed by atoms with Gasteiger partial charge in [0.2, 0.25) is 0 Å². The summed E-state index contributed by atoms with van der Waals surface area (Å²) in [6.45, 7) is 1.93. The van der Waals surface area contributed by atoms with Crippen molar-refractivity contribution in [1.29, 1.82) is 0 Å². The molecule has 0 aliphatic carbocycles. The average Bonchev–Trinajstić information content (AvgIpc) is 2.49. The van der Waals surface area contributed by atoms with E-state index in [1.165, 1.54) is 6.07 Å². The lowest BCUT2D eigenvalue weighted by molar-refractivity contribution is 0.0797. The molecule has 0 fully saturated rings. The second kappa shape index (κ2) is 11.1. The number of hydrogen-bond acceptors (Lipinski definition) is 4. The lowest BCUT2D eigenvalue weighted by Crippen LogP contribution is -2.09. The minimum Gasteiger partial charge on any atom is -0.488 e. The highest BCUT2D eigenvalue weighted by molar-refractivity contribution is 5.40. The molecule has 0 saturated heterocycles. The fourth-order valence-corrected chi connectivity index (χ4v) is 1.53. The van der Waals surface area contributed by atoms with Crippen LogP contribution in [0.5, 0.6) is 5.75 Å². The van der Waals surface area contributed by atoms with Gasteiger partial charge in [0.25, 0.3) is 0 Å². The first kappa shape index (κ1) is 17.4. The van der Waals surface area contributed by atoms with Crippen LogP contribution in [0.2, 0.25) is 0 Å². The van der Waals surface area contributed by atoms with E-state index in [4.69, 9.17) is 19.3 Å². The van der Waals surface area contributed by atoms with Gasteiger partial charge >= 0.3 is 0 Å². The molecule has 0 bridgehead atoms. The van der Waals surface area contributed by atoms with Crippen molar-refractivity contribution in [3.8, 4) is 17.6 Å². The number of halogens is 1. The minimum absolute atomic E-state index is 0.0119. The van der Waals surface area contributed by atoms with E-state index in [0.29, 0.717) is 31.8 Å². The van der Waals surface area contributed by atoms with E-state index >= 15 is 0 Å². The van der Waals surface area contributed by atoms with Gasteiger partial charge in [0, 0.05) is 32.3 Å². The van der Waals surface area contributed by atoms with Crippen molar-refractivity contribution in [2.45, 2.75) is 12.8 Å². The molecule has 0 radical (unpaired) electrons. The maximum Gasteiger partial charge on any atom is 0.165 e. The number of ether oxygens (including phenoxy) is 3. The van der Waals surface area contributed by atoms with Gasteiger partial charge in [0.05, 0.1) is 13.2 Å². The molecule has 0 atom stereocenters. The Balaban J connectivity index is 2.37. The Kier molecular flexibility index (Phi) is 9.21. The molecule has 5 heteroatoms. The van der Waals surface area contributed by atoms with Gasteiger partial charge in [0.15, 0.2) is 11.6 Å². The zero-order chi connectivity index (χ0) is 15.3. The topological polar surface area (TPSA) is 47.9 Å². The Morgan fingerprint density at radius 2 is 2.05 bits per heavy atom. The van der Waals surface area contributed by atoms with E-state index in [-0.39, 0.29) is 19.0 Å². The van der Waals surface area contributed by atoms with Gasteiger partial charge in [-0.15, -0.1) is 0 Å². The summed E-state index contributed by atoms with van der Waals surface area (Å²) in [7, 11) is 1.64. The first-order chi connectivity index (χ1) is 10.3. The fraction of sp³-hybridized carbons (Fsp3) is 0.500. The van der Waals surface area contributed by atoms with Crippen molar-refractivity contribution in [3.05, 3.63) is 29.6 Å². The molecular weight excluding hydrogens is 275 g/mol. The molecule has 21 heavy (non-hydrogen) atoms. The zero-order valence-electron chi connectivity index (χ0n) is 12.2. The number of rotatable bonds is 9. The van der Waals surface area contributed by atoms with Gasteiger partial charge in [0.1, 0.15) is 6.61 Å². The summed E-state index contributed by atoms with van der Waals surface area (Å²) in [5.74, 6) is 5.35. The second-order valence-electron chi connectivity index (χ2n) is 4.23. The molecule has 0 unspecified atom stereocenters. The third-order valence-electron chi connectivity index (χ3n) is 2.52. The molecule has 0 amide bonds. The van der Waals surface area contributed by atoms with Crippen LogP contribution in [0.1, 0.15) is 18.4 Å². The molecule has 0 aliphatic heterocycles. The van der Waals surface area contributed by atoms with Gasteiger partial charge in [-0.3, -0.25) is 0 Å². The van der Waals surface area contributed by atoms with Gasteiger partial charge in [-0.2, -0.15) is 0 Å². The molecule has 0 aliphatic rings. The van der Waals surface area contributed by atoms with E-state index in [2.05, 4.69) is 11.8 Å². The number of aliphatic hydroxyl groups is 1. The van der Waals surface area contributed by atoms with Crippen molar-refractivity contribution in [2.24, 2.45) is 0 Å². The summed E-state index contributed by atoms with van der Waals surface area (Å²) >= 11 is 0. The third kappa shape index (κ3) is 7.66.